The lowest BCUT2D eigenvalue weighted by Gasteiger charge is -2.12. The molecular formula is C26H20N2O7S. The third kappa shape index (κ3) is 5.61. The largest absolute Gasteiger partial charge is 0.493 e. The molecule has 1 saturated heterocycles. The first-order chi connectivity index (χ1) is 17.4. The van der Waals surface area contributed by atoms with E-state index in [0.29, 0.717) is 22.6 Å². The standard InChI is InChI=1S/C26H20N2O7S/c1-34-23-13-18(9-12-22(23)35-16-17-7-10-20(11-8-17)28(32)33)14-24-25(30)27(26(31)36-24)15-21(29)19-5-3-2-4-6-19/h2-14H,15-16H2,1H3/b24-14+. The number of nitro groups is 1. The van der Waals surface area contributed by atoms with Crippen LogP contribution in [0, 0.1) is 10.1 Å². The second kappa shape index (κ2) is 10.9. The van der Waals surface area contributed by atoms with Crippen molar-refractivity contribution in [3.8, 4) is 11.5 Å². The van der Waals surface area contributed by atoms with Gasteiger partial charge >= 0.3 is 0 Å². The van der Waals surface area contributed by atoms with Crippen molar-refractivity contribution in [2.45, 2.75) is 6.61 Å². The van der Waals surface area contributed by atoms with Crippen LogP contribution in [0.4, 0.5) is 10.5 Å². The second-order valence-electron chi connectivity index (χ2n) is 7.68. The van der Waals surface area contributed by atoms with Gasteiger partial charge in [-0.3, -0.25) is 29.4 Å². The number of rotatable bonds is 9. The molecule has 0 N–H and O–H groups in total. The van der Waals surface area contributed by atoms with Gasteiger partial charge in [0, 0.05) is 17.7 Å². The zero-order valence-electron chi connectivity index (χ0n) is 19.1. The molecule has 1 aliphatic rings. The van der Waals surface area contributed by atoms with Crippen LogP contribution >= 0.6 is 11.8 Å². The van der Waals surface area contributed by atoms with Gasteiger partial charge in [-0.2, -0.15) is 0 Å². The topological polar surface area (TPSA) is 116 Å². The van der Waals surface area contributed by atoms with Crippen molar-refractivity contribution in [2.75, 3.05) is 13.7 Å². The Hall–Kier alpha value is -4.44. The Labute approximate surface area is 210 Å². The van der Waals surface area contributed by atoms with Crippen molar-refractivity contribution in [3.63, 3.8) is 0 Å². The zero-order chi connectivity index (χ0) is 25.7. The third-order valence-electron chi connectivity index (χ3n) is 5.30. The number of benzene rings is 3. The Morgan fingerprint density at radius 1 is 1.03 bits per heavy atom. The summed E-state index contributed by atoms with van der Waals surface area (Å²) in [5, 5.41) is 10.3. The van der Waals surface area contributed by atoms with E-state index in [1.807, 2.05) is 0 Å². The molecule has 182 valence electrons. The number of nitrogens with zero attached hydrogens (tertiary/aromatic N) is 2. The number of hydrogen-bond acceptors (Lipinski definition) is 8. The molecule has 9 nitrogen and oxygen atoms in total. The number of methoxy groups -OCH3 is 1. The number of nitro benzene ring substituents is 1. The van der Waals surface area contributed by atoms with Crippen LogP contribution in [0.5, 0.6) is 11.5 Å². The minimum Gasteiger partial charge on any atom is -0.493 e. The molecule has 4 rings (SSSR count). The summed E-state index contributed by atoms with van der Waals surface area (Å²) in [7, 11) is 1.47. The van der Waals surface area contributed by atoms with Gasteiger partial charge in [-0.25, -0.2) is 0 Å². The molecule has 1 fully saturated rings. The van der Waals surface area contributed by atoms with Crippen LogP contribution in [0.15, 0.2) is 77.7 Å². The highest BCUT2D eigenvalue weighted by Gasteiger charge is 2.36. The molecule has 0 spiro atoms. The molecule has 0 aromatic heterocycles. The Kier molecular flexibility index (Phi) is 7.45. The highest BCUT2D eigenvalue weighted by Crippen LogP contribution is 2.35. The maximum Gasteiger partial charge on any atom is 0.293 e. The Morgan fingerprint density at radius 3 is 2.42 bits per heavy atom. The minimum atomic E-state index is -0.535. The van der Waals surface area contributed by atoms with Crippen LogP contribution < -0.4 is 9.47 Å². The van der Waals surface area contributed by atoms with E-state index in [1.165, 1.54) is 19.2 Å². The quantitative estimate of drug-likeness (QED) is 0.171. The van der Waals surface area contributed by atoms with Gasteiger partial charge in [-0.15, -0.1) is 0 Å². The van der Waals surface area contributed by atoms with E-state index < -0.39 is 16.1 Å². The number of carbonyl (C=O) groups excluding carboxylic acids is 3. The Balaban J connectivity index is 1.45. The predicted octanol–water partition coefficient (Wildman–Crippen LogP) is 5.10. The fourth-order valence-electron chi connectivity index (χ4n) is 3.41. The van der Waals surface area contributed by atoms with Crippen molar-refractivity contribution >= 4 is 40.5 Å². The van der Waals surface area contributed by atoms with E-state index >= 15 is 0 Å². The van der Waals surface area contributed by atoms with Crippen LogP contribution in [-0.4, -0.2) is 40.4 Å². The number of carbonyl (C=O) groups is 3. The summed E-state index contributed by atoms with van der Waals surface area (Å²) in [5.41, 5.74) is 1.77. The molecule has 0 radical (unpaired) electrons. The van der Waals surface area contributed by atoms with Gasteiger partial charge in [0.25, 0.3) is 16.8 Å². The summed E-state index contributed by atoms with van der Waals surface area (Å²) in [6.45, 7) is -0.160. The zero-order valence-corrected chi connectivity index (χ0v) is 19.9. The average Bonchev–Trinajstić information content (AvgIpc) is 3.15. The number of ether oxygens (including phenoxy) is 2. The molecule has 2 amide bonds. The molecule has 10 heteroatoms. The molecular weight excluding hydrogens is 484 g/mol. The lowest BCUT2D eigenvalue weighted by Crippen LogP contribution is -2.33. The van der Waals surface area contributed by atoms with Crippen molar-refractivity contribution in [2.24, 2.45) is 0 Å². The lowest BCUT2D eigenvalue weighted by molar-refractivity contribution is -0.384. The fourth-order valence-corrected chi connectivity index (χ4v) is 4.25. The van der Waals surface area contributed by atoms with E-state index in [-0.39, 0.29) is 29.5 Å². The molecule has 0 aliphatic carbocycles. The Bertz CT molecular complexity index is 1350. The number of hydrogen-bond donors (Lipinski definition) is 0. The van der Waals surface area contributed by atoms with Gasteiger partial charge < -0.3 is 9.47 Å². The smallest absolute Gasteiger partial charge is 0.293 e. The van der Waals surface area contributed by atoms with Crippen LogP contribution in [0.3, 0.4) is 0 Å². The van der Waals surface area contributed by atoms with Crippen molar-refractivity contribution < 1.29 is 28.8 Å². The SMILES string of the molecule is COc1cc(/C=C2/SC(=O)N(CC(=O)c3ccccc3)C2=O)ccc1OCc1ccc([N+](=O)[O-])cc1. The number of ketones is 1. The van der Waals surface area contributed by atoms with E-state index in [1.54, 1.807) is 66.7 Å². The number of thioether (sulfide) groups is 1. The summed E-state index contributed by atoms with van der Waals surface area (Å²) < 4.78 is 11.2. The molecule has 0 atom stereocenters. The van der Waals surface area contributed by atoms with E-state index in [2.05, 4.69) is 0 Å². The summed E-state index contributed by atoms with van der Waals surface area (Å²) in [4.78, 5) is 49.1. The average molecular weight is 505 g/mol. The summed E-state index contributed by atoms with van der Waals surface area (Å²) in [5.74, 6) is -0.0131. The van der Waals surface area contributed by atoms with Gasteiger partial charge in [-0.05, 0) is 53.2 Å². The van der Waals surface area contributed by atoms with Gasteiger partial charge in [-0.1, -0.05) is 36.4 Å². The first-order valence-electron chi connectivity index (χ1n) is 10.7. The van der Waals surface area contributed by atoms with E-state index in [9.17, 15) is 24.5 Å². The highest BCUT2D eigenvalue weighted by molar-refractivity contribution is 8.18. The number of non-ortho nitro benzene ring substituents is 1. The molecule has 3 aromatic rings. The van der Waals surface area contributed by atoms with E-state index in [0.717, 1.165) is 22.2 Å². The summed E-state index contributed by atoms with van der Waals surface area (Å²) in [6, 6.07) is 19.5. The van der Waals surface area contributed by atoms with Gasteiger partial charge in [0.2, 0.25) is 0 Å². The molecule has 0 unspecified atom stereocenters. The van der Waals surface area contributed by atoms with Crippen LogP contribution in [0.2, 0.25) is 0 Å². The van der Waals surface area contributed by atoms with Crippen molar-refractivity contribution in [1.82, 2.24) is 4.90 Å². The maximum absolute atomic E-state index is 12.8. The fraction of sp³-hybridized carbons (Fsp3) is 0.115. The summed E-state index contributed by atoms with van der Waals surface area (Å²) in [6.07, 6.45) is 1.56. The van der Waals surface area contributed by atoms with Crippen molar-refractivity contribution in [3.05, 3.63) is 105 Å². The molecule has 1 heterocycles. The molecule has 1 aliphatic heterocycles. The normalized spacial score (nSPS) is 14.2. The third-order valence-corrected chi connectivity index (χ3v) is 6.21. The van der Waals surface area contributed by atoms with Crippen molar-refractivity contribution in [1.29, 1.82) is 0 Å². The number of amides is 2. The monoisotopic (exact) mass is 504 g/mol. The predicted molar refractivity (Wildman–Crippen MR) is 134 cm³/mol. The lowest BCUT2D eigenvalue weighted by atomic mass is 10.1. The second-order valence-corrected chi connectivity index (χ2v) is 8.67. The first-order valence-corrected chi connectivity index (χ1v) is 11.5. The first kappa shape index (κ1) is 24.7. The van der Waals surface area contributed by atoms with Gasteiger partial charge in [0.1, 0.15) is 6.61 Å². The minimum absolute atomic E-state index is 0.00507. The molecule has 36 heavy (non-hydrogen) atoms. The molecule has 0 saturated carbocycles. The highest BCUT2D eigenvalue weighted by atomic mass is 32.2. The summed E-state index contributed by atoms with van der Waals surface area (Å²) >= 11 is 0.768. The number of imide groups is 1. The Morgan fingerprint density at radius 2 is 1.75 bits per heavy atom. The van der Waals surface area contributed by atoms with Crippen LogP contribution in [-0.2, 0) is 11.4 Å². The molecule has 3 aromatic carbocycles. The maximum atomic E-state index is 12.8. The number of Topliss-reactive ketones (excluding diaryl/α,β-unsaturated/α-hetero) is 1. The van der Waals surface area contributed by atoms with Gasteiger partial charge in [0.05, 0.1) is 23.5 Å². The van der Waals surface area contributed by atoms with Gasteiger partial charge in [0.15, 0.2) is 17.3 Å². The van der Waals surface area contributed by atoms with E-state index in [4.69, 9.17) is 9.47 Å². The molecule has 0 bridgehead atoms. The van der Waals surface area contributed by atoms with Crippen LogP contribution in [0.25, 0.3) is 6.08 Å². The van der Waals surface area contributed by atoms with Crippen LogP contribution in [0.1, 0.15) is 21.5 Å².